The lowest BCUT2D eigenvalue weighted by Crippen LogP contribution is -2.17. The first-order valence-electron chi connectivity index (χ1n) is 3.73. The van der Waals surface area contributed by atoms with Gasteiger partial charge in [-0.05, 0) is 17.7 Å². The molecule has 0 fully saturated rings. The first-order valence-corrected chi connectivity index (χ1v) is 5.23. The maximum Gasteiger partial charge on any atom is 0.573 e. The van der Waals surface area contributed by atoms with Crippen molar-refractivity contribution < 1.29 is 17.9 Å². The van der Waals surface area contributed by atoms with Gasteiger partial charge in [-0.1, -0.05) is 27.5 Å². The smallest absolute Gasteiger partial charge is 0.404 e. The van der Waals surface area contributed by atoms with Gasteiger partial charge in [-0.15, -0.1) is 13.2 Å². The topological polar surface area (TPSA) is 35.2 Å². The van der Waals surface area contributed by atoms with Crippen molar-refractivity contribution in [3.63, 3.8) is 0 Å². The molecule has 84 valence electrons. The summed E-state index contributed by atoms with van der Waals surface area (Å²) in [7, 11) is 0. The Labute approximate surface area is 97.3 Å². The molecule has 0 bridgehead atoms. The fraction of sp³-hybridized carbons (Fsp3) is 0.250. The largest absolute Gasteiger partial charge is 0.573 e. The van der Waals surface area contributed by atoms with E-state index in [9.17, 15) is 13.2 Å². The summed E-state index contributed by atoms with van der Waals surface area (Å²) in [5.41, 5.74) is 6.31. The Bertz CT molecular complexity index is 370. The fourth-order valence-corrected chi connectivity index (χ4v) is 1.63. The van der Waals surface area contributed by atoms with Gasteiger partial charge in [0.1, 0.15) is 5.75 Å². The molecule has 1 rings (SSSR count). The summed E-state index contributed by atoms with van der Waals surface area (Å²) in [6.45, 7) is 0. The molecule has 0 atom stereocenters. The maximum absolute atomic E-state index is 11.9. The summed E-state index contributed by atoms with van der Waals surface area (Å²) in [5.74, 6) is -0.451. The molecule has 0 aliphatic rings. The number of nitrogen functional groups attached to an aromatic ring is 1. The molecule has 1 aromatic rings. The van der Waals surface area contributed by atoms with Gasteiger partial charge in [-0.25, -0.2) is 0 Å². The highest BCUT2D eigenvalue weighted by atomic mass is 79.9. The number of ether oxygens (including phenoxy) is 1. The van der Waals surface area contributed by atoms with E-state index in [0.717, 1.165) is 6.07 Å². The number of benzene rings is 1. The minimum atomic E-state index is -4.76. The van der Waals surface area contributed by atoms with Crippen LogP contribution < -0.4 is 10.5 Å². The van der Waals surface area contributed by atoms with Gasteiger partial charge in [0.25, 0.3) is 0 Å². The average molecular weight is 304 g/mol. The van der Waals surface area contributed by atoms with Gasteiger partial charge in [0.15, 0.2) is 0 Å². The molecule has 0 unspecified atom stereocenters. The number of hydrogen-bond donors (Lipinski definition) is 1. The molecule has 0 saturated heterocycles. The zero-order valence-electron chi connectivity index (χ0n) is 7.24. The summed E-state index contributed by atoms with van der Waals surface area (Å²) in [4.78, 5) is 0. The molecule has 1 aromatic carbocycles. The molecule has 2 N–H and O–H groups in total. The molecule has 0 aliphatic heterocycles. The van der Waals surface area contributed by atoms with Crippen LogP contribution in [0.2, 0.25) is 5.02 Å². The highest BCUT2D eigenvalue weighted by Crippen LogP contribution is 2.34. The molecule has 7 heteroatoms. The summed E-state index contributed by atoms with van der Waals surface area (Å²) in [6, 6.07) is 2.37. The van der Waals surface area contributed by atoms with E-state index in [1.165, 1.54) is 6.07 Å². The molecule has 2 nitrogen and oxygen atoms in total. The molecule has 15 heavy (non-hydrogen) atoms. The van der Waals surface area contributed by atoms with Crippen molar-refractivity contribution in [2.24, 2.45) is 0 Å². The molecule has 0 aliphatic carbocycles. The standard InChI is InChI=1S/C8H6BrClF3NO/c9-3-4-1-7(15-8(11,12)13)5(10)2-6(4)14/h1-2H,3,14H2. The normalized spacial score (nSPS) is 11.5. The summed E-state index contributed by atoms with van der Waals surface area (Å²) >= 11 is 8.63. The molecule has 0 aromatic heterocycles. The Morgan fingerprint density at radius 2 is 2.00 bits per heavy atom. The van der Waals surface area contributed by atoms with Crippen LogP contribution in [0.4, 0.5) is 18.9 Å². The average Bonchev–Trinajstić information content (AvgIpc) is 2.07. The van der Waals surface area contributed by atoms with Crippen LogP contribution in [0, 0.1) is 0 Å². The predicted octanol–water partition coefficient (Wildman–Crippen LogP) is 3.72. The van der Waals surface area contributed by atoms with Gasteiger partial charge in [0.05, 0.1) is 5.02 Å². The first-order chi connectivity index (χ1) is 6.83. The minimum absolute atomic E-state index is 0.172. The second-order valence-corrected chi connectivity index (χ2v) is 3.63. The number of nitrogens with two attached hydrogens (primary N) is 1. The van der Waals surface area contributed by atoms with Gasteiger partial charge in [0.2, 0.25) is 0 Å². The van der Waals surface area contributed by atoms with Crippen molar-refractivity contribution in [1.29, 1.82) is 0 Å². The third-order valence-corrected chi connectivity index (χ3v) is 2.46. The third-order valence-electron chi connectivity index (χ3n) is 1.56. The van der Waals surface area contributed by atoms with Crippen molar-refractivity contribution in [1.82, 2.24) is 0 Å². The zero-order valence-corrected chi connectivity index (χ0v) is 9.58. The monoisotopic (exact) mass is 303 g/mol. The number of alkyl halides is 4. The van der Waals surface area contributed by atoms with Crippen molar-refractivity contribution in [2.75, 3.05) is 5.73 Å². The van der Waals surface area contributed by atoms with E-state index in [1.54, 1.807) is 0 Å². The predicted molar refractivity (Wildman–Crippen MR) is 55.2 cm³/mol. The fourth-order valence-electron chi connectivity index (χ4n) is 0.929. The van der Waals surface area contributed by atoms with Crippen molar-refractivity contribution in [3.05, 3.63) is 22.7 Å². The van der Waals surface area contributed by atoms with E-state index >= 15 is 0 Å². The molecule has 0 radical (unpaired) electrons. The Morgan fingerprint density at radius 1 is 1.40 bits per heavy atom. The lowest BCUT2D eigenvalue weighted by atomic mass is 10.2. The van der Waals surface area contributed by atoms with Crippen LogP contribution >= 0.6 is 27.5 Å². The molecule has 0 spiro atoms. The van der Waals surface area contributed by atoms with E-state index in [0.29, 0.717) is 16.6 Å². The van der Waals surface area contributed by atoms with Crippen LogP contribution in [-0.2, 0) is 5.33 Å². The molecule has 0 saturated carbocycles. The highest BCUT2D eigenvalue weighted by molar-refractivity contribution is 9.08. The minimum Gasteiger partial charge on any atom is -0.404 e. The van der Waals surface area contributed by atoms with Crippen LogP contribution in [0.1, 0.15) is 5.56 Å². The number of hydrogen-bond acceptors (Lipinski definition) is 2. The molecular weight excluding hydrogens is 298 g/mol. The summed E-state index contributed by atoms with van der Waals surface area (Å²) in [6.07, 6.45) is -4.76. The Kier molecular flexibility index (Phi) is 3.72. The Balaban J connectivity index is 3.08. The van der Waals surface area contributed by atoms with E-state index in [-0.39, 0.29) is 5.02 Å². The lowest BCUT2D eigenvalue weighted by Gasteiger charge is -2.12. The van der Waals surface area contributed by atoms with Crippen LogP contribution in [0.15, 0.2) is 12.1 Å². The van der Waals surface area contributed by atoms with Crippen LogP contribution in [0.3, 0.4) is 0 Å². The van der Waals surface area contributed by atoms with E-state index in [4.69, 9.17) is 17.3 Å². The summed E-state index contributed by atoms with van der Waals surface area (Å²) < 4.78 is 39.5. The van der Waals surface area contributed by atoms with Gasteiger partial charge >= 0.3 is 6.36 Å². The second kappa shape index (κ2) is 4.49. The van der Waals surface area contributed by atoms with E-state index in [1.807, 2.05) is 0 Å². The van der Waals surface area contributed by atoms with Gasteiger partial charge in [-0.2, -0.15) is 0 Å². The van der Waals surface area contributed by atoms with Crippen molar-refractivity contribution >= 4 is 33.2 Å². The lowest BCUT2D eigenvalue weighted by molar-refractivity contribution is -0.274. The summed E-state index contributed by atoms with van der Waals surface area (Å²) in [5, 5.41) is 0.152. The Hall–Kier alpha value is -0.620. The van der Waals surface area contributed by atoms with Crippen LogP contribution in [0.5, 0.6) is 5.75 Å². The zero-order chi connectivity index (χ0) is 11.6. The van der Waals surface area contributed by atoms with Crippen LogP contribution in [-0.4, -0.2) is 6.36 Å². The van der Waals surface area contributed by atoms with Crippen molar-refractivity contribution in [3.8, 4) is 5.75 Å². The first kappa shape index (κ1) is 12.4. The van der Waals surface area contributed by atoms with E-state index in [2.05, 4.69) is 20.7 Å². The highest BCUT2D eigenvalue weighted by Gasteiger charge is 2.32. The maximum atomic E-state index is 11.9. The van der Waals surface area contributed by atoms with Crippen molar-refractivity contribution in [2.45, 2.75) is 11.7 Å². The SMILES string of the molecule is Nc1cc(Cl)c(OC(F)(F)F)cc1CBr. The number of anilines is 1. The van der Waals surface area contributed by atoms with Gasteiger partial charge < -0.3 is 10.5 Å². The Morgan fingerprint density at radius 3 is 2.47 bits per heavy atom. The number of rotatable bonds is 2. The quantitative estimate of drug-likeness (QED) is 0.667. The van der Waals surface area contributed by atoms with E-state index < -0.39 is 12.1 Å². The molecule has 0 heterocycles. The third kappa shape index (κ3) is 3.46. The van der Waals surface area contributed by atoms with Crippen LogP contribution in [0.25, 0.3) is 0 Å². The molecular formula is C8H6BrClF3NO. The number of halogens is 5. The second-order valence-electron chi connectivity index (χ2n) is 2.66. The molecule has 0 amide bonds. The van der Waals surface area contributed by atoms with Gasteiger partial charge in [-0.3, -0.25) is 0 Å². The van der Waals surface area contributed by atoms with Gasteiger partial charge in [0, 0.05) is 11.0 Å².